The SMILES string of the molecule is COc1cc2c(cc1O)CCC1C2CC[C@@]2(C)C1CC[C@@H]2Nn1cnnc1. The Balaban J connectivity index is 1.43. The Morgan fingerprint density at radius 3 is 2.78 bits per heavy atom. The minimum atomic E-state index is 0.273. The van der Waals surface area contributed by atoms with Crippen LogP contribution in [0.25, 0.3) is 0 Å². The van der Waals surface area contributed by atoms with Crippen molar-refractivity contribution in [3.63, 3.8) is 0 Å². The van der Waals surface area contributed by atoms with E-state index in [4.69, 9.17) is 4.74 Å². The molecule has 5 atom stereocenters. The van der Waals surface area contributed by atoms with Gasteiger partial charge in [0.15, 0.2) is 11.5 Å². The molecule has 0 aliphatic heterocycles. The molecule has 2 fully saturated rings. The van der Waals surface area contributed by atoms with Crippen LogP contribution in [0.2, 0.25) is 0 Å². The lowest BCUT2D eigenvalue weighted by Crippen LogP contribution is -2.47. The zero-order chi connectivity index (χ0) is 18.6. The summed E-state index contributed by atoms with van der Waals surface area (Å²) in [5.74, 6) is 2.93. The first-order chi connectivity index (χ1) is 13.1. The van der Waals surface area contributed by atoms with E-state index in [0.29, 0.717) is 23.1 Å². The molecule has 0 saturated heterocycles. The first-order valence-electron chi connectivity index (χ1n) is 10.1. The second-order valence-corrected chi connectivity index (χ2v) is 8.81. The number of rotatable bonds is 3. The van der Waals surface area contributed by atoms with Gasteiger partial charge in [0.05, 0.1) is 7.11 Å². The molecule has 1 heterocycles. The number of aromatic hydroxyl groups is 1. The maximum Gasteiger partial charge on any atom is 0.160 e. The van der Waals surface area contributed by atoms with Crippen molar-refractivity contribution in [3.05, 3.63) is 35.9 Å². The third-order valence-electron chi connectivity index (χ3n) is 7.75. The average molecular weight is 368 g/mol. The minimum Gasteiger partial charge on any atom is -0.504 e. The summed E-state index contributed by atoms with van der Waals surface area (Å²) in [5, 5.41) is 18.0. The Kier molecular flexibility index (Phi) is 3.85. The van der Waals surface area contributed by atoms with Crippen LogP contribution in [-0.4, -0.2) is 33.1 Å². The number of phenols is 1. The quantitative estimate of drug-likeness (QED) is 0.868. The zero-order valence-electron chi connectivity index (χ0n) is 16.1. The van der Waals surface area contributed by atoms with Crippen molar-refractivity contribution < 1.29 is 9.84 Å². The van der Waals surface area contributed by atoms with Crippen LogP contribution in [-0.2, 0) is 6.42 Å². The number of ether oxygens (including phenoxy) is 1. The Hall–Kier alpha value is -2.24. The third-order valence-corrected chi connectivity index (χ3v) is 7.75. The van der Waals surface area contributed by atoms with Gasteiger partial charge in [-0.2, -0.15) is 0 Å². The van der Waals surface area contributed by atoms with Gasteiger partial charge < -0.3 is 15.3 Å². The van der Waals surface area contributed by atoms with Crippen LogP contribution in [0.1, 0.15) is 56.1 Å². The fourth-order valence-electron chi connectivity index (χ4n) is 6.41. The van der Waals surface area contributed by atoms with Crippen LogP contribution in [0.4, 0.5) is 0 Å². The summed E-state index contributed by atoms with van der Waals surface area (Å²) in [6, 6.07) is 4.50. The van der Waals surface area contributed by atoms with Crippen molar-refractivity contribution in [2.24, 2.45) is 17.3 Å². The zero-order valence-corrected chi connectivity index (χ0v) is 16.1. The molecule has 2 N–H and O–H groups in total. The van der Waals surface area contributed by atoms with Gasteiger partial charge >= 0.3 is 0 Å². The predicted octanol–water partition coefficient (Wildman–Crippen LogP) is 3.46. The molecule has 3 unspecified atom stereocenters. The number of aromatic nitrogens is 3. The van der Waals surface area contributed by atoms with Crippen molar-refractivity contribution >= 4 is 0 Å². The molecule has 1 aromatic heterocycles. The van der Waals surface area contributed by atoms with Gasteiger partial charge in [-0.25, -0.2) is 4.68 Å². The lowest BCUT2D eigenvalue weighted by atomic mass is 9.55. The number of benzene rings is 1. The van der Waals surface area contributed by atoms with E-state index in [9.17, 15) is 5.11 Å². The fraction of sp³-hybridized carbons (Fsp3) is 0.619. The molecule has 0 bridgehead atoms. The van der Waals surface area contributed by atoms with Gasteiger partial charge in [0.2, 0.25) is 0 Å². The number of aryl methyl sites for hydroxylation is 1. The fourth-order valence-corrected chi connectivity index (χ4v) is 6.41. The highest BCUT2D eigenvalue weighted by Gasteiger charge is 2.55. The van der Waals surface area contributed by atoms with E-state index in [-0.39, 0.29) is 5.75 Å². The number of fused-ring (bicyclic) bond motifs is 5. The summed E-state index contributed by atoms with van der Waals surface area (Å²) in [5.41, 5.74) is 6.68. The maximum absolute atomic E-state index is 10.2. The Bertz CT molecular complexity index is 837. The largest absolute Gasteiger partial charge is 0.504 e. The molecule has 2 aromatic rings. The minimum absolute atomic E-state index is 0.273. The highest BCUT2D eigenvalue weighted by Crippen LogP contribution is 2.61. The molecule has 6 nitrogen and oxygen atoms in total. The van der Waals surface area contributed by atoms with E-state index >= 15 is 0 Å². The van der Waals surface area contributed by atoms with E-state index in [0.717, 1.165) is 18.3 Å². The number of hydrogen-bond acceptors (Lipinski definition) is 5. The first-order valence-corrected chi connectivity index (χ1v) is 10.1. The average Bonchev–Trinajstić information content (AvgIpc) is 3.29. The molecule has 1 aromatic carbocycles. The molecular formula is C21H28N4O2. The van der Waals surface area contributed by atoms with E-state index in [1.54, 1.807) is 19.8 Å². The number of phenolic OH excluding ortho intramolecular Hbond substituents is 1. The van der Waals surface area contributed by atoms with Crippen molar-refractivity contribution in [1.82, 2.24) is 14.9 Å². The lowest BCUT2D eigenvalue weighted by molar-refractivity contribution is 0.0511. The van der Waals surface area contributed by atoms with Gasteiger partial charge in [-0.05, 0) is 85.0 Å². The number of hydrogen-bond donors (Lipinski definition) is 2. The summed E-state index contributed by atoms with van der Waals surface area (Å²) in [7, 11) is 1.64. The molecule has 0 spiro atoms. The van der Waals surface area contributed by atoms with Crippen LogP contribution < -0.4 is 10.2 Å². The Labute approximate surface area is 159 Å². The second kappa shape index (κ2) is 6.14. The smallest absolute Gasteiger partial charge is 0.160 e. The monoisotopic (exact) mass is 368 g/mol. The molecule has 5 rings (SSSR count). The van der Waals surface area contributed by atoms with Crippen molar-refractivity contribution in [3.8, 4) is 11.5 Å². The summed E-state index contributed by atoms with van der Waals surface area (Å²) in [6.07, 6.45) is 10.7. The normalized spacial score (nSPS) is 34.4. The standard InChI is InChI=1S/C21H28N4O2/c1-21-8-7-14-15(4-3-13-9-18(26)19(27-2)10-16(13)14)17(21)5-6-20(21)24-25-11-22-23-12-25/h9-12,14-15,17,20,24,26H,3-8H2,1-2H3/t14?,15?,17?,20-,21-/m0/s1. The first kappa shape index (κ1) is 16.9. The Morgan fingerprint density at radius 1 is 1.19 bits per heavy atom. The predicted molar refractivity (Wildman–Crippen MR) is 102 cm³/mol. The molecular weight excluding hydrogens is 340 g/mol. The topological polar surface area (TPSA) is 72.2 Å². The summed E-state index contributed by atoms with van der Waals surface area (Å²) in [4.78, 5) is 0. The van der Waals surface area contributed by atoms with Crippen LogP contribution in [0.15, 0.2) is 24.8 Å². The van der Waals surface area contributed by atoms with Crippen molar-refractivity contribution in [2.45, 2.75) is 57.4 Å². The van der Waals surface area contributed by atoms with E-state index in [2.05, 4.69) is 28.6 Å². The summed E-state index contributed by atoms with van der Waals surface area (Å²) in [6.45, 7) is 2.48. The van der Waals surface area contributed by atoms with E-state index in [1.807, 2.05) is 10.7 Å². The number of nitrogens with zero attached hydrogens (tertiary/aromatic N) is 3. The third kappa shape index (κ3) is 2.52. The highest BCUT2D eigenvalue weighted by atomic mass is 16.5. The summed E-state index contributed by atoms with van der Waals surface area (Å²) >= 11 is 0. The highest BCUT2D eigenvalue weighted by molar-refractivity contribution is 5.49. The number of methoxy groups -OCH3 is 1. The maximum atomic E-state index is 10.2. The van der Waals surface area contributed by atoms with Crippen molar-refractivity contribution in [1.29, 1.82) is 0 Å². The molecule has 3 aliphatic carbocycles. The van der Waals surface area contributed by atoms with Crippen molar-refractivity contribution in [2.75, 3.05) is 12.5 Å². The molecule has 0 radical (unpaired) electrons. The van der Waals surface area contributed by atoms with Gasteiger partial charge in [0.25, 0.3) is 0 Å². The molecule has 2 saturated carbocycles. The van der Waals surface area contributed by atoms with Gasteiger partial charge in [-0.1, -0.05) is 6.92 Å². The van der Waals surface area contributed by atoms with E-state index in [1.165, 1.54) is 43.2 Å². The summed E-state index contributed by atoms with van der Waals surface area (Å²) < 4.78 is 7.31. The molecule has 3 aliphatic rings. The lowest BCUT2D eigenvalue weighted by Gasteiger charge is -2.51. The van der Waals surface area contributed by atoms with Crippen LogP contribution in [0.5, 0.6) is 11.5 Å². The second-order valence-electron chi connectivity index (χ2n) is 8.81. The van der Waals surface area contributed by atoms with Gasteiger partial charge in [-0.15, -0.1) is 10.2 Å². The Morgan fingerprint density at radius 2 is 2.00 bits per heavy atom. The molecule has 144 valence electrons. The molecule has 0 amide bonds. The van der Waals surface area contributed by atoms with Crippen LogP contribution in [0, 0.1) is 17.3 Å². The van der Waals surface area contributed by atoms with Gasteiger partial charge in [0, 0.05) is 6.04 Å². The van der Waals surface area contributed by atoms with E-state index < -0.39 is 0 Å². The van der Waals surface area contributed by atoms with Crippen LogP contribution >= 0.6 is 0 Å². The van der Waals surface area contributed by atoms with Crippen LogP contribution in [0.3, 0.4) is 0 Å². The molecule has 6 heteroatoms. The van der Waals surface area contributed by atoms with Gasteiger partial charge in [-0.3, -0.25) is 0 Å². The van der Waals surface area contributed by atoms with Gasteiger partial charge in [0.1, 0.15) is 12.7 Å². The molecule has 27 heavy (non-hydrogen) atoms. The number of nitrogens with one attached hydrogen (secondary N) is 1.